The van der Waals surface area contributed by atoms with Crippen molar-refractivity contribution in [3.8, 4) is 0 Å². The molecule has 6 heteroatoms. The van der Waals surface area contributed by atoms with Gasteiger partial charge in [-0.25, -0.2) is 17.6 Å². The zero-order valence-electron chi connectivity index (χ0n) is 11.1. The van der Waals surface area contributed by atoms with Crippen LogP contribution in [-0.4, -0.2) is 27.2 Å². The van der Waals surface area contributed by atoms with Gasteiger partial charge in [0.05, 0.1) is 18.4 Å². The maximum Gasteiger partial charge on any atom is 0.337 e. The minimum atomic E-state index is -2.63. The molecule has 2 unspecified atom stereocenters. The van der Waals surface area contributed by atoms with Crippen molar-refractivity contribution in [2.24, 2.45) is 5.92 Å². The molecule has 0 N–H and O–H groups in total. The molecule has 0 aliphatic rings. The normalized spacial score (nSPS) is 15.8. The fraction of sp³-hybridized carbons (Fsp3) is 0.462. The summed E-state index contributed by atoms with van der Waals surface area (Å²) in [7, 11) is -1.36. The Hall–Kier alpha value is -1.43. The Morgan fingerprint density at radius 2 is 1.89 bits per heavy atom. The lowest BCUT2D eigenvalue weighted by Crippen LogP contribution is -2.28. The summed E-state index contributed by atoms with van der Waals surface area (Å²) in [5.41, 5.74) is -1.11. The van der Waals surface area contributed by atoms with Crippen LogP contribution in [0.5, 0.6) is 0 Å². The molecule has 1 aromatic carbocycles. The second-order valence-corrected chi connectivity index (χ2v) is 5.59. The maximum absolute atomic E-state index is 14.6. The molecule has 0 aliphatic heterocycles. The van der Waals surface area contributed by atoms with Crippen molar-refractivity contribution >= 4 is 16.7 Å². The molecule has 0 aliphatic carbocycles. The summed E-state index contributed by atoms with van der Waals surface area (Å²) in [6.45, 7) is 2.88. The van der Waals surface area contributed by atoms with Crippen LogP contribution in [0.4, 0.5) is 4.39 Å². The number of methoxy groups -OCH3 is 1. The monoisotopic (exact) mass is 288 g/mol. The Balaban J connectivity index is 2.98. The van der Waals surface area contributed by atoms with Crippen molar-refractivity contribution in [1.82, 2.24) is 0 Å². The zero-order valence-corrected chi connectivity index (χ0v) is 11.9. The Labute approximate surface area is 113 Å². The number of ether oxygens (including phenoxy) is 1. The molecular weight excluding hydrogens is 271 g/mol. The van der Waals surface area contributed by atoms with E-state index in [2.05, 4.69) is 4.74 Å². The number of alkyl halides is 1. The van der Waals surface area contributed by atoms with Gasteiger partial charge in [-0.05, 0) is 24.6 Å². The van der Waals surface area contributed by atoms with Crippen molar-refractivity contribution < 1.29 is 22.3 Å². The Kier molecular flexibility index (Phi) is 5.05. The molecule has 0 bridgehead atoms. The van der Waals surface area contributed by atoms with Crippen molar-refractivity contribution in [2.45, 2.75) is 19.5 Å². The van der Waals surface area contributed by atoms with Crippen molar-refractivity contribution in [3.05, 3.63) is 35.4 Å². The van der Waals surface area contributed by atoms with E-state index in [-0.39, 0.29) is 5.75 Å². The molecule has 0 fully saturated rings. The largest absolute Gasteiger partial charge is 0.465 e. The molecule has 0 spiro atoms. The van der Waals surface area contributed by atoms with Crippen molar-refractivity contribution in [1.29, 1.82) is 0 Å². The number of hydrogen-bond acceptors (Lipinski definition) is 4. The number of hydrogen-bond donors (Lipinski definition) is 1. The fourth-order valence-corrected chi connectivity index (χ4v) is 2.52. The molecule has 0 radical (unpaired) electrons. The number of rotatable bonds is 5. The average Bonchev–Trinajstić information content (AvgIpc) is 2.37. The minimum Gasteiger partial charge on any atom is -0.465 e. The van der Waals surface area contributed by atoms with Gasteiger partial charge in [0, 0.05) is 5.92 Å². The van der Waals surface area contributed by atoms with Crippen LogP contribution in [0, 0.1) is 5.92 Å². The molecule has 0 saturated carbocycles. The van der Waals surface area contributed by atoms with Gasteiger partial charge in [0.2, 0.25) is 0 Å². The summed E-state index contributed by atoms with van der Waals surface area (Å²) >= 11 is 0. The number of esters is 1. The third-order valence-electron chi connectivity index (χ3n) is 3.22. The van der Waals surface area contributed by atoms with Gasteiger partial charge in [0.25, 0.3) is 0 Å². The zero-order chi connectivity index (χ0) is 14.6. The summed E-state index contributed by atoms with van der Waals surface area (Å²) in [5, 5.41) is 0. The topological polar surface area (TPSA) is 60.4 Å². The van der Waals surface area contributed by atoms with E-state index in [0.29, 0.717) is 11.1 Å². The second kappa shape index (κ2) is 6.14. The smallest absolute Gasteiger partial charge is 0.337 e. The Bertz CT molecular complexity index is 512. The van der Waals surface area contributed by atoms with E-state index in [1.165, 1.54) is 38.3 Å². The standard InChI is InChI=1S/C13H17FO4S/c1-9(8-19(16)17)13(2,14)11-6-4-10(5-7-11)12(15)18-3/h4-7,9,19H,8H2,1-3H3. The molecule has 2 atom stereocenters. The molecule has 0 saturated heterocycles. The molecule has 0 aromatic heterocycles. The van der Waals surface area contributed by atoms with Gasteiger partial charge in [0.1, 0.15) is 16.4 Å². The van der Waals surface area contributed by atoms with Crippen LogP contribution in [0.3, 0.4) is 0 Å². The van der Waals surface area contributed by atoms with Gasteiger partial charge in [-0.1, -0.05) is 19.1 Å². The van der Waals surface area contributed by atoms with Gasteiger partial charge < -0.3 is 4.74 Å². The average molecular weight is 288 g/mol. The second-order valence-electron chi connectivity index (χ2n) is 4.56. The Morgan fingerprint density at radius 1 is 1.37 bits per heavy atom. The molecule has 1 rings (SSSR count). The van der Waals surface area contributed by atoms with Gasteiger partial charge in [-0.3, -0.25) is 0 Å². The van der Waals surface area contributed by atoms with Gasteiger partial charge in [-0.15, -0.1) is 0 Å². The first-order valence-corrected chi connectivity index (χ1v) is 7.15. The summed E-state index contributed by atoms with van der Waals surface area (Å²) in [6.07, 6.45) is 0. The summed E-state index contributed by atoms with van der Waals surface area (Å²) in [4.78, 5) is 11.3. The van der Waals surface area contributed by atoms with E-state index < -0.39 is 28.3 Å². The fourth-order valence-electron chi connectivity index (χ4n) is 1.73. The number of halogens is 1. The van der Waals surface area contributed by atoms with Crippen LogP contribution >= 0.6 is 0 Å². The minimum absolute atomic E-state index is 0.221. The highest BCUT2D eigenvalue weighted by Gasteiger charge is 2.33. The Morgan fingerprint density at radius 3 is 2.32 bits per heavy atom. The number of carbonyl (C=O) groups is 1. The van der Waals surface area contributed by atoms with Crippen molar-refractivity contribution in [2.75, 3.05) is 12.9 Å². The molecule has 0 amide bonds. The highest BCUT2D eigenvalue weighted by atomic mass is 32.2. The number of carbonyl (C=O) groups excluding carboxylic acids is 1. The molecular formula is C13H17FO4S. The highest BCUT2D eigenvalue weighted by molar-refractivity contribution is 7.72. The molecule has 1 aromatic rings. The number of benzene rings is 1. The lowest BCUT2D eigenvalue weighted by molar-refractivity contribution is 0.0600. The van der Waals surface area contributed by atoms with Crippen LogP contribution in [-0.2, 0) is 21.1 Å². The molecule has 0 heterocycles. The molecule has 4 nitrogen and oxygen atoms in total. The summed E-state index contributed by atoms with van der Waals surface area (Å²) < 4.78 is 40.5. The summed E-state index contributed by atoms with van der Waals surface area (Å²) in [5.74, 6) is -1.39. The van der Waals surface area contributed by atoms with E-state index in [4.69, 9.17) is 0 Å². The predicted molar refractivity (Wildman–Crippen MR) is 70.6 cm³/mol. The maximum atomic E-state index is 14.6. The first-order valence-electron chi connectivity index (χ1n) is 5.78. The van der Waals surface area contributed by atoms with Crippen LogP contribution in [0.15, 0.2) is 24.3 Å². The first kappa shape index (κ1) is 15.6. The summed E-state index contributed by atoms with van der Waals surface area (Å²) in [6, 6.07) is 5.87. The number of thiol groups is 1. The SMILES string of the molecule is COC(=O)c1ccc(C(C)(F)C(C)C[SH](=O)=O)cc1. The van der Waals surface area contributed by atoms with E-state index in [1.54, 1.807) is 6.92 Å². The van der Waals surface area contributed by atoms with Crippen LogP contribution in [0.2, 0.25) is 0 Å². The lowest BCUT2D eigenvalue weighted by Gasteiger charge is -2.26. The first-order chi connectivity index (χ1) is 8.78. The van der Waals surface area contributed by atoms with E-state index in [9.17, 15) is 17.6 Å². The third kappa shape index (κ3) is 3.76. The van der Waals surface area contributed by atoms with E-state index >= 15 is 0 Å². The van der Waals surface area contributed by atoms with Crippen LogP contribution in [0.25, 0.3) is 0 Å². The van der Waals surface area contributed by atoms with Gasteiger partial charge in [-0.2, -0.15) is 0 Å². The predicted octanol–water partition coefficient (Wildman–Crippen LogP) is 1.91. The van der Waals surface area contributed by atoms with E-state index in [1.807, 2.05) is 0 Å². The van der Waals surface area contributed by atoms with E-state index in [0.717, 1.165) is 0 Å². The highest BCUT2D eigenvalue weighted by Crippen LogP contribution is 2.34. The van der Waals surface area contributed by atoms with Crippen LogP contribution in [0.1, 0.15) is 29.8 Å². The third-order valence-corrected chi connectivity index (χ3v) is 4.06. The van der Waals surface area contributed by atoms with Crippen molar-refractivity contribution in [3.63, 3.8) is 0 Å². The van der Waals surface area contributed by atoms with Gasteiger partial charge >= 0.3 is 5.97 Å². The quantitative estimate of drug-likeness (QED) is 0.664. The lowest BCUT2D eigenvalue weighted by atomic mass is 9.86. The molecule has 19 heavy (non-hydrogen) atoms. The van der Waals surface area contributed by atoms with Gasteiger partial charge in [0.15, 0.2) is 0 Å². The molecule has 106 valence electrons. The van der Waals surface area contributed by atoms with Crippen LogP contribution < -0.4 is 0 Å².